The largest absolute Gasteiger partial charge is 0.494 e. The van der Waals surface area contributed by atoms with Gasteiger partial charge in [-0.05, 0) is 57.9 Å². The standard InChI is InChI=1S/C26H31N3O4/c1-4-33-23-13-10-16(2)14-21(23)17(3)27-26(32)28-18-11-12-20-22(15-18)25(31)29(24(20)30)19-8-6-5-7-9-19/h10-15,17,19H,4-9H2,1-3H3,(H2,27,28,32). The molecule has 1 heterocycles. The van der Waals surface area contributed by atoms with Crippen molar-refractivity contribution in [2.75, 3.05) is 11.9 Å². The van der Waals surface area contributed by atoms with E-state index in [1.165, 1.54) is 4.90 Å². The molecular weight excluding hydrogens is 418 g/mol. The molecule has 1 unspecified atom stereocenters. The molecule has 1 atom stereocenters. The third kappa shape index (κ3) is 4.72. The molecule has 1 aliphatic heterocycles. The maximum atomic E-state index is 13.0. The third-order valence-corrected chi connectivity index (χ3v) is 6.39. The summed E-state index contributed by atoms with van der Waals surface area (Å²) in [7, 11) is 0. The Balaban J connectivity index is 1.45. The highest BCUT2D eigenvalue weighted by Crippen LogP contribution is 2.32. The molecule has 0 aromatic heterocycles. The summed E-state index contributed by atoms with van der Waals surface area (Å²) in [6.45, 7) is 6.34. The highest BCUT2D eigenvalue weighted by atomic mass is 16.5. The van der Waals surface area contributed by atoms with E-state index in [1.807, 2.05) is 39.0 Å². The van der Waals surface area contributed by atoms with Gasteiger partial charge in [0.05, 0.1) is 23.8 Å². The number of hydrogen-bond acceptors (Lipinski definition) is 4. The first kappa shape index (κ1) is 22.8. The topological polar surface area (TPSA) is 87.7 Å². The zero-order valence-corrected chi connectivity index (χ0v) is 19.4. The van der Waals surface area contributed by atoms with E-state index in [2.05, 4.69) is 10.6 Å². The van der Waals surface area contributed by atoms with Crippen molar-refractivity contribution in [3.63, 3.8) is 0 Å². The first-order valence-corrected chi connectivity index (χ1v) is 11.7. The van der Waals surface area contributed by atoms with Crippen molar-refractivity contribution < 1.29 is 19.1 Å². The maximum Gasteiger partial charge on any atom is 0.319 e. The molecular formula is C26H31N3O4. The predicted octanol–water partition coefficient (Wildman–Crippen LogP) is 5.21. The lowest BCUT2D eigenvalue weighted by molar-refractivity contribution is 0.0549. The molecule has 0 saturated heterocycles. The molecule has 174 valence electrons. The van der Waals surface area contributed by atoms with Crippen LogP contribution in [0.3, 0.4) is 0 Å². The normalized spacial score (nSPS) is 17.0. The Kier molecular flexibility index (Phi) is 6.67. The molecule has 1 aliphatic carbocycles. The Morgan fingerprint density at radius 1 is 1.06 bits per heavy atom. The number of imide groups is 1. The third-order valence-electron chi connectivity index (χ3n) is 6.39. The second kappa shape index (κ2) is 9.65. The Labute approximate surface area is 194 Å². The van der Waals surface area contributed by atoms with Crippen molar-refractivity contribution in [3.8, 4) is 5.75 Å². The minimum atomic E-state index is -0.396. The second-order valence-electron chi connectivity index (χ2n) is 8.83. The van der Waals surface area contributed by atoms with Crippen LogP contribution in [0.4, 0.5) is 10.5 Å². The lowest BCUT2D eigenvalue weighted by Crippen LogP contribution is -2.40. The average Bonchev–Trinajstić information content (AvgIpc) is 3.05. The van der Waals surface area contributed by atoms with E-state index in [1.54, 1.807) is 18.2 Å². The minimum Gasteiger partial charge on any atom is -0.494 e. The van der Waals surface area contributed by atoms with E-state index >= 15 is 0 Å². The zero-order chi connectivity index (χ0) is 23.5. The lowest BCUT2D eigenvalue weighted by atomic mass is 9.94. The van der Waals surface area contributed by atoms with Crippen molar-refractivity contribution in [2.24, 2.45) is 0 Å². The molecule has 7 heteroatoms. The van der Waals surface area contributed by atoms with Crippen molar-refractivity contribution in [2.45, 2.75) is 65.0 Å². The molecule has 2 N–H and O–H groups in total. The number of amides is 4. The quantitative estimate of drug-likeness (QED) is 0.593. The number of nitrogens with zero attached hydrogens (tertiary/aromatic N) is 1. The number of nitrogens with one attached hydrogen (secondary N) is 2. The minimum absolute atomic E-state index is 0.0272. The van der Waals surface area contributed by atoms with E-state index in [4.69, 9.17) is 4.74 Å². The molecule has 33 heavy (non-hydrogen) atoms. The summed E-state index contributed by atoms with van der Waals surface area (Å²) < 4.78 is 5.70. The molecule has 2 aromatic rings. The summed E-state index contributed by atoms with van der Waals surface area (Å²) in [5.74, 6) is 0.246. The van der Waals surface area contributed by atoms with Crippen LogP contribution in [-0.4, -0.2) is 35.4 Å². The molecule has 0 bridgehead atoms. The zero-order valence-electron chi connectivity index (χ0n) is 19.4. The van der Waals surface area contributed by atoms with Gasteiger partial charge < -0.3 is 15.4 Å². The molecule has 1 saturated carbocycles. The van der Waals surface area contributed by atoms with Gasteiger partial charge in [0, 0.05) is 17.3 Å². The molecule has 2 aliphatic rings. The van der Waals surface area contributed by atoms with Crippen molar-refractivity contribution in [1.29, 1.82) is 0 Å². The van der Waals surface area contributed by atoms with Gasteiger partial charge in [-0.2, -0.15) is 0 Å². The summed E-state index contributed by atoms with van der Waals surface area (Å²) in [6.07, 6.45) is 4.94. The van der Waals surface area contributed by atoms with Gasteiger partial charge in [-0.15, -0.1) is 0 Å². The first-order valence-electron chi connectivity index (χ1n) is 11.7. The number of aryl methyl sites for hydroxylation is 1. The number of hydrogen-bond donors (Lipinski definition) is 2. The highest BCUT2D eigenvalue weighted by Gasteiger charge is 2.40. The summed E-state index contributed by atoms with van der Waals surface area (Å²) in [5.41, 5.74) is 3.20. The fourth-order valence-electron chi connectivity index (χ4n) is 4.74. The van der Waals surface area contributed by atoms with Gasteiger partial charge in [0.25, 0.3) is 11.8 Å². The molecule has 7 nitrogen and oxygen atoms in total. The van der Waals surface area contributed by atoms with Crippen LogP contribution in [0.15, 0.2) is 36.4 Å². The number of rotatable bonds is 6. The van der Waals surface area contributed by atoms with Crippen molar-refractivity contribution in [1.82, 2.24) is 10.2 Å². The molecule has 2 aromatic carbocycles. The predicted molar refractivity (Wildman–Crippen MR) is 127 cm³/mol. The summed E-state index contributed by atoms with van der Waals surface area (Å²) >= 11 is 0. The monoisotopic (exact) mass is 449 g/mol. The number of fused-ring (bicyclic) bond motifs is 1. The molecule has 4 rings (SSSR count). The van der Waals surface area contributed by atoms with Gasteiger partial charge in [0.1, 0.15) is 5.75 Å². The van der Waals surface area contributed by atoms with Crippen LogP contribution in [0.2, 0.25) is 0 Å². The highest BCUT2D eigenvalue weighted by molar-refractivity contribution is 6.22. The smallest absolute Gasteiger partial charge is 0.319 e. The summed E-state index contributed by atoms with van der Waals surface area (Å²) in [5, 5.41) is 5.72. The summed E-state index contributed by atoms with van der Waals surface area (Å²) in [4.78, 5) is 40.0. The van der Waals surface area contributed by atoms with Gasteiger partial charge in [0.15, 0.2) is 0 Å². The van der Waals surface area contributed by atoms with E-state index < -0.39 is 6.03 Å². The van der Waals surface area contributed by atoms with Crippen LogP contribution in [0.1, 0.15) is 83.8 Å². The molecule has 1 fully saturated rings. The van der Waals surface area contributed by atoms with E-state index in [-0.39, 0.29) is 23.9 Å². The number of anilines is 1. The van der Waals surface area contributed by atoms with Crippen molar-refractivity contribution in [3.05, 3.63) is 58.7 Å². The number of urea groups is 1. The van der Waals surface area contributed by atoms with Crippen LogP contribution in [0.25, 0.3) is 0 Å². The average molecular weight is 450 g/mol. The Morgan fingerprint density at radius 2 is 1.79 bits per heavy atom. The van der Waals surface area contributed by atoms with Crippen LogP contribution in [-0.2, 0) is 0 Å². The van der Waals surface area contributed by atoms with E-state index in [0.717, 1.165) is 49.0 Å². The van der Waals surface area contributed by atoms with Crippen LogP contribution in [0.5, 0.6) is 5.75 Å². The Hall–Kier alpha value is -3.35. The fourth-order valence-corrected chi connectivity index (χ4v) is 4.74. The number of ether oxygens (including phenoxy) is 1. The van der Waals surface area contributed by atoms with Gasteiger partial charge in [-0.3, -0.25) is 14.5 Å². The Morgan fingerprint density at radius 3 is 2.52 bits per heavy atom. The second-order valence-corrected chi connectivity index (χ2v) is 8.83. The number of carbonyl (C=O) groups excluding carboxylic acids is 3. The number of benzene rings is 2. The van der Waals surface area contributed by atoms with Gasteiger partial charge in [-0.1, -0.05) is 37.0 Å². The van der Waals surface area contributed by atoms with Gasteiger partial charge >= 0.3 is 6.03 Å². The Bertz CT molecular complexity index is 1080. The maximum absolute atomic E-state index is 13.0. The molecule has 0 radical (unpaired) electrons. The van der Waals surface area contributed by atoms with Crippen molar-refractivity contribution >= 4 is 23.5 Å². The number of carbonyl (C=O) groups is 3. The first-order chi connectivity index (χ1) is 15.9. The van der Waals surface area contributed by atoms with Crippen LogP contribution in [0, 0.1) is 6.92 Å². The molecule has 4 amide bonds. The van der Waals surface area contributed by atoms with E-state index in [0.29, 0.717) is 23.4 Å². The molecule has 0 spiro atoms. The van der Waals surface area contributed by atoms with E-state index in [9.17, 15) is 14.4 Å². The van der Waals surface area contributed by atoms with Gasteiger partial charge in [0.2, 0.25) is 0 Å². The summed E-state index contributed by atoms with van der Waals surface area (Å²) in [6, 6.07) is 10.1. The van der Waals surface area contributed by atoms with Crippen LogP contribution >= 0.6 is 0 Å². The fraction of sp³-hybridized carbons (Fsp3) is 0.423. The SMILES string of the molecule is CCOc1ccc(C)cc1C(C)NC(=O)Nc1ccc2c(c1)C(=O)N(C1CCCCC1)C2=O. The van der Waals surface area contributed by atoms with Crippen LogP contribution < -0.4 is 15.4 Å². The lowest BCUT2D eigenvalue weighted by Gasteiger charge is -2.29. The van der Waals surface area contributed by atoms with Gasteiger partial charge in [-0.25, -0.2) is 4.79 Å².